The Kier molecular flexibility index (Phi) is 8.72. The van der Waals surface area contributed by atoms with Crippen molar-refractivity contribution < 1.29 is 19.0 Å². The molecule has 0 spiro atoms. The molecular weight excluding hydrogens is 590 g/mol. The molecule has 0 saturated heterocycles. The highest BCUT2D eigenvalue weighted by Crippen LogP contribution is 2.40. The molecule has 3 aromatic rings. The number of hydrogen-bond acceptors (Lipinski definition) is 6. The number of halogens is 1. The Morgan fingerprint density at radius 3 is 2.60 bits per heavy atom. The lowest BCUT2D eigenvalue weighted by atomic mass is 10.1. The Balaban J connectivity index is 1.32. The number of fused-ring (bicyclic) bond motifs is 1. The van der Waals surface area contributed by atoms with E-state index in [9.17, 15) is 4.79 Å². The van der Waals surface area contributed by atoms with Gasteiger partial charge in [0, 0.05) is 11.8 Å². The maximum atomic E-state index is 12.9. The van der Waals surface area contributed by atoms with Crippen molar-refractivity contribution in [2.24, 2.45) is 4.99 Å². The maximum Gasteiger partial charge on any atom is 0.283 e. The number of carbonyl (C=O) groups excluding carboxylic acids is 1. The Hall–Kier alpha value is -3.82. The molecule has 1 amide bonds. The molecule has 40 heavy (non-hydrogen) atoms. The van der Waals surface area contributed by atoms with E-state index in [1.54, 1.807) is 11.0 Å². The molecule has 0 fully saturated rings. The molecule has 0 aromatic heterocycles. The molecule has 204 valence electrons. The van der Waals surface area contributed by atoms with Crippen LogP contribution in [-0.4, -0.2) is 41.6 Å². The van der Waals surface area contributed by atoms with Crippen LogP contribution in [0.1, 0.15) is 30.0 Å². The number of amidine groups is 2. The van der Waals surface area contributed by atoms with E-state index in [0.29, 0.717) is 52.9 Å². The molecule has 0 saturated carbocycles. The van der Waals surface area contributed by atoms with Gasteiger partial charge >= 0.3 is 0 Å². The molecule has 0 unspecified atom stereocenters. The van der Waals surface area contributed by atoms with Gasteiger partial charge in [-0.2, -0.15) is 4.99 Å². The smallest absolute Gasteiger partial charge is 0.283 e. The average molecular weight is 619 g/mol. The number of hydrogen-bond donors (Lipinski definition) is 1. The van der Waals surface area contributed by atoms with E-state index in [-0.39, 0.29) is 11.4 Å². The second-order valence-electron chi connectivity index (χ2n) is 9.06. The quantitative estimate of drug-likeness (QED) is 0.190. The van der Waals surface area contributed by atoms with Crippen LogP contribution in [0.15, 0.2) is 87.2 Å². The van der Waals surface area contributed by atoms with Crippen LogP contribution in [0.2, 0.25) is 0 Å². The topological polar surface area (TPSA) is 84.2 Å². The lowest BCUT2D eigenvalue weighted by Gasteiger charge is -2.27. The summed E-state index contributed by atoms with van der Waals surface area (Å²) in [6.07, 6.45) is 2.36. The fraction of sp³-hybridized carbons (Fsp3) is 0.194. The van der Waals surface area contributed by atoms with Gasteiger partial charge in [0.2, 0.25) is 0 Å². The average Bonchev–Trinajstić information content (AvgIpc) is 3.37. The second-order valence-corrected chi connectivity index (χ2v) is 10.7. The van der Waals surface area contributed by atoms with Crippen LogP contribution < -0.4 is 14.2 Å². The number of carbonyl (C=O) groups is 1. The van der Waals surface area contributed by atoms with E-state index in [1.807, 2.05) is 86.0 Å². The highest BCUT2D eigenvalue weighted by Gasteiger charge is 2.36. The van der Waals surface area contributed by atoms with Crippen LogP contribution in [0.4, 0.5) is 0 Å². The minimum atomic E-state index is -0.450. The predicted octanol–water partition coefficient (Wildman–Crippen LogP) is 7.31. The molecule has 2 heterocycles. The first-order chi connectivity index (χ1) is 19.4. The lowest BCUT2D eigenvalue weighted by Crippen LogP contribution is -2.38. The van der Waals surface area contributed by atoms with Crippen LogP contribution in [0.25, 0.3) is 11.8 Å². The van der Waals surface area contributed by atoms with Crippen molar-refractivity contribution in [3.05, 3.63) is 98.9 Å². The SMILES string of the molecule is CCOc1cc(/C=C2/C(=N)N3C(c4ccccc4)=CSC3=NC2=O)cc(Br)c1OCCCOc1cccc(C)c1. The molecule has 1 N–H and O–H groups in total. The van der Waals surface area contributed by atoms with Crippen molar-refractivity contribution in [1.29, 1.82) is 5.41 Å². The number of amides is 1. The first-order valence-electron chi connectivity index (χ1n) is 12.9. The van der Waals surface area contributed by atoms with Crippen molar-refractivity contribution in [2.45, 2.75) is 20.3 Å². The van der Waals surface area contributed by atoms with Crippen molar-refractivity contribution >= 4 is 56.4 Å². The van der Waals surface area contributed by atoms with Crippen molar-refractivity contribution in [3.8, 4) is 17.2 Å². The minimum absolute atomic E-state index is 0.0816. The summed E-state index contributed by atoms with van der Waals surface area (Å²) in [7, 11) is 0. The van der Waals surface area contributed by atoms with Gasteiger partial charge in [-0.05, 0) is 76.8 Å². The Bertz CT molecular complexity index is 1530. The molecule has 2 aliphatic heterocycles. The number of nitrogens with zero attached hydrogens (tertiary/aromatic N) is 2. The molecule has 0 aliphatic carbocycles. The third kappa shape index (κ3) is 6.16. The highest BCUT2D eigenvalue weighted by atomic mass is 79.9. The fourth-order valence-electron chi connectivity index (χ4n) is 4.28. The van der Waals surface area contributed by atoms with Crippen LogP contribution in [0.3, 0.4) is 0 Å². The zero-order valence-corrected chi connectivity index (χ0v) is 24.6. The number of aryl methyl sites for hydroxylation is 1. The molecule has 2 aliphatic rings. The van der Waals surface area contributed by atoms with Gasteiger partial charge in [-0.25, -0.2) is 0 Å². The number of thioether (sulfide) groups is 1. The summed E-state index contributed by atoms with van der Waals surface area (Å²) in [4.78, 5) is 18.9. The van der Waals surface area contributed by atoms with Crippen LogP contribution in [0.5, 0.6) is 17.2 Å². The van der Waals surface area contributed by atoms with Crippen LogP contribution >= 0.6 is 27.7 Å². The molecule has 0 atom stereocenters. The number of rotatable bonds is 10. The Morgan fingerprint density at radius 1 is 1.02 bits per heavy atom. The summed E-state index contributed by atoms with van der Waals surface area (Å²) in [5.41, 5.74) is 3.81. The number of nitrogens with one attached hydrogen (secondary N) is 1. The standard InChI is InChI=1S/C31H28BrN3O4S/c1-3-37-27-18-21(17-25(32)28(27)39-14-8-13-38-23-12-7-9-20(2)15-23)16-24-29(33)35-26(22-10-5-4-6-11-22)19-40-31(35)34-30(24)36/h4-7,9-12,15-19,33H,3,8,13-14H2,1-2H3/b24-16-,33-29?. The Labute approximate surface area is 246 Å². The summed E-state index contributed by atoms with van der Waals surface area (Å²) in [5.74, 6) is 1.60. The normalized spacial score (nSPS) is 15.6. The van der Waals surface area contributed by atoms with E-state index in [4.69, 9.17) is 19.6 Å². The van der Waals surface area contributed by atoms with E-state index in [2.05, 4.69) is 20.9 Å². The number of ether oxygens (including phenoxy) is 3. The van der Waals surface area contributed by atoms with Crippen molar-refractivity contribution in [1.82, 2.24) is 4.90 Å². The van der Waals surface area contributed by atoms with Gasteiger partial charge in [-0.15, -0.1) is 0 Å². The Morgan fingerprint density at radius 2 is 1.82 bits per heavy atom. The van der Waals surface area contributed by atoms with Gasteiger partial charge < -0.3 is 14.2 Å². The first-order valence-corrected chi connectivity index (χ1v) is 14.6. The molecular formula is C31H28BrN3O4S. The van der Waals surface area contributed by atoms with Crippen LogP contribution in [-0.2, 0) is 4.79 Å². The molecule has 9 heteroatoms. The second kappa shape index (κ2) is 12.6. The summed E-state index contributed by atoms with van der Waals surface area (Å²) in [5, 5.41) is 11.3. The summed E-state index contributed by atoms with van der Waals surface area (Å²) in [6, 6.07) is 21.4. The molecule has 0 radical (unpaired) electrons. The molecule has 7 nitrogen and oxygen atoms in total. The molecule has 3 aromatic carbocycles. The predicted molar refractivity (Wildman–Crippen MR) is 164 cm³/mol. The molecule has 0 bridgehead atoms. The van der Waals surface area contributed by atoms with Gasteiger partial charge in [-0.3, -0.25) is 15.1 Å². The number of aliphatic imine (C=N–C) groups is 1. The lowest BCUT2D eigenvalue weighted by molar-refractivity contribution is -0.114. The monoisotopic (exact) mass is 617 g/mol. The van der Waals surface area contributed by atoms with E-state index >= 15 is 0 Å². The van der Waals surface area contributed by atoms with Gasteiger partial charge in [0.15, 0.2) is 16.7 Å². The van der Waals surface area contributed by atoms with Gasteiger partial charge in [-0.1, -0.05) is 54.2 Å². The minimum Gasteiger partial charge on any atom is -0.493 e. The van der Waals surface area contributed by atoms with E-state index in [1.165, 1.54) is 11.8 Å². The zero-order chi connectivity index (χ0) is 28.1. The molecule has 5 rings (SSSR count). The highest BCUT2D eigenvalue weighted by molar-refractivity contribution is 9.10. The summed E-state index contributed by atoms with van der Waals surface area (Å²) >= 11 is 4.95. The van der Waals surface area contributed by atoms with Crippen LogP contribution in [0, 0.1) is 12.3 Å². The van der Waals surface area contributed by atoms with Gasteiger partial charge in [0.1, 0.15) is 11.6 Å². The largest absolute Gasteiger partial charge is 0.493 e. The maximum absolute atomic E-state index is 12.9. The third-order valence-electron chi connectivity index (χ3n) is 6.12. The van der Waals surface area contributed by atoms with Crippen molar-refractivity contribution in [3.63, 3.8) is 0 Å². The van der Waals surface area contributed by atoms with E-state index in [0.717, 1.165) is 22.6 Å². The third-order valence-corrected chi connectivity index (χ3v) is 7.53. The van der Waals surface area contributed by atoms with Crippen molar-refractivity contribution in [2.75, 3.05) is 19.8 Å². The van der Waals surface area contributed by atoms with Gasteiger partial charge in [0.05, 0.1) is 35.6 Å². The summed E-state index contributed by atoms with van der Waals surface area (Å²) < 4.78 is 18.5. The van der Waals surface area contributed by atoms with E-state index < -0.39 is 5.91 Å². The zero-order valence-electron chi connectivity index (χ0n) is 22.1. The summed E-state index contributed by atoms with van der Waals surface area (Å²) in [6.45, 7) is 5.34. The van der Waals surface area contributed by atoms with Gasteiger partial charge in [0.25, 0.3) is 5.91 Å². The first kappa shape index (κ1) is 27.7. The number of benzene rings is 3. The fourth-order valence-corrected chi connectivity index (χ4v) is 5.75.